The Morgan fingerprint density at radius 1 is 1.47 bits per heavy atom. The molecule has 3 heteroatoms. The summed E-state index contributed by atoms with van der Waals surface area (Å²) >= 11 is 1.64. The topological polar surface area (TPSA) is 29.1 Å². The Morgan fingerprint density at radius 2 is 2.13 bits per heavy atom. The zero-order valence-electron chi connectivity index (χ0n) is 9.89. The summed E-state index contributed by atoms with van der Waals surface area (Å²) in [7, 11) is 0. The lowest BCUT2D eigenvalue weighted by Gasteiger charge is -2.06. The fourth-order valence-corrected chi connectivity index (χ4v) is 2.17. The molecule has 0 aromatic carbocycles. The first-order valence-electron chi connectivity index (χ1n) is 5.35. The summed E-state index contributed by atoms with van der Waals surface area (Å²) in [6, 6.07) is 0. The third-order valence-electron chi connectivity index (χ3n) is 2.54. The lowest BCUT2D eigenvalue weighted by Crippen LogP contribution is -2.25. The molecule has 15 heavy (non-hydrogen) atoms. The molecule has 1 aromatic rings. The van der Waals surface area contributed by atoms with Crippen LogP contribution in [0.4, 0.5) is 0 Å². The van der Waals surface area contributed by atoms with Gasteiger partial charge >= 0.3 is 0 Å². The minimum absolute atomic E-state index is 0.0671. The van der Waals surface area contributed by atoms with Crippen molar-refractivity contribution in [2.75, 3.05) is 6.54 Å². The number of nitrogens with one attached hydrogen (secondary N) is 1. The molecule has 84 valence electrons. The maximum Gasteiger partial charge on any atom is 0.252 e. The van der Waals surface area contributed by atoms with Crippen LogP contribution in [0.1, 0.15) is 41.1 Å². The van der Waals surface area contributed by atoms with Gasteiger partial charge in [-0.05, 0) is 31.7 Å². The van der Waals surface area contributed by atoms with E-state index in [0.717, 1.165) is 24.1 Å². The average Bonchev–Trinajstić information content (AvgIpc) is 2.47. The highest BCUT2D eigenvalue weighted by atomic mass is 32.1. The van der Waals surface area contributed by atoms with Crippen LogP contribution in [0.3, 0.4) is 0 Å². The Kier molecular flexibility index (Phi) is 4.33. The van der Waals surface area contributed by atoms with Crippen molar-refractivity contribution < 1.29 is 4.79 Å². The Balaban J connectivity index is 2.51. The largest absolute Gasteiger partial charge is 0.352 e. The second-order valence-corrected chi connectivity index (χ2v) is 5.35. The van der Waals surface area contributed by atoms with Crippen LogP contribution in [0.15, 0.2) is 5.38 Å². The molecule has 0 radical (unpaired) electrons. The normalized spacial score (nSPS) is 10.7. The molecule has 0 fully saturated rings. The number of thiophene rings is 1. The number of hydrogen-bond donors (Lipinski definition) is 1. The number of aryl methyl sites for hydroxylation is 1. The summed E-state index contributed by atoms with van der Waals surface area (Å²) in [5.74, 6) is 0.702. The molecule has 1 heterocycles. The molecule has 0 unspecified atom stereocenters. The maximum absolute atomic E-state index is 11.8. The van der Waals surface area contributed by atoms with Crippen LogP contribution in [0.25, 0.3) is 0 Å². The zero-order chi connectivity index (χ0) is 11.4. The van der Waals surface area contributed by atoms with Gasteiger partial charge in [-0.1, -0.05) is 13.8 Å². The second-order valence-electron chi connectivity index (χ2n) is 4.27. The third kappa shape index (κ3) is 3.34. The Bertz CT molecular complexity index is 341. The first-order valence-corrected chi connectivity index (χ1v) is 6.23. The molecule has 2 nitrogen and oxygen atoms in total. The average molecular weight is 225 g/mol. The van der Waals surface area contributed by atoms with Gasteiger partial charge in [-0.25, -0.2) is 0 Å². The van der Waals surface area contributed by atoms with Crippen LogP contribution in [-0.2, 0) is 0 Å². The standard InChI is InChI=1S/C12H19NOS/c1-8(2)5-6-13-12(14)11-7-15-10(4)9(11)3/h7-8H,5-6H2,1-4H3,(H,13,14). The van der Waals surface area contributed by atoms with Gasteiger partial charge in [0, 0.05) is 16.8 Å². The number of carbonyl (C=O) groups excluding carboxylic acids is 1. The van der Waals surface area contributed by atoms with E-state index < -0.39 is 0 Å². The number of amides is 1. The van der Waals surface area contributed by atoms with E-state index in [9.17, 15) is 4.79 Å². The summed E-state index contributed by atoms with van der Waals surface area (Å²) in [5.41, 5.74) is 1.95. The van der Waals surface area contributed by atoms with Gasteiger partial charge in [0.05, 0.1) is 5.56 Å². The fourth-order valence-electron chi connectivity index (χ4n) is 1.31. The molecule has 0 aliphatic heterocycles. The SMILES string of the molecule is Cc1scc(C(=O)NCCC(C)C)c1C. The summed E-state index contributed by atoms with van der Waals surface area (Å²) < 4.78 is 0. The number of rotatable bonds is 4. The molecule has 0 aliphatic rings. The molecule has 1 aromatic heterocycles. The Labute approximate surface area is 95.7 Å². The molecule has 0 aliphatic carbocycles. The Hall–Kier alpha value is -0.830. The van der Waals surface area contributed by atoms with Gasteiger partial charge < -0.3 is 5.32 Å². The summed E-state index contributed by atoms with van der Waals surface area (Å²) in [6.07, 6.45) is 1.04. The van der Waals surface area contributed by atoms with Crippen molar-refractivity contribution in [3.63, 3.8) is 0 Å². The predicted octanol–water partition coefficient (Wildman–Crippen LogP) is 3.14. The van der Waals surface area contributed by atoms with Crippen molar-refractivity contribution in [3.8, 4) is 0 Å². The monoisotopic (exact) mass is 225 g/mol. The van der Waals surface area contributed by atoms with Crippen molar-refractivity contribution in [1.29, 1.82) is 0 Å². The molecule has 0 spiro atoms. The van der Waals surface area contributed by atoms with Gasteiger partial charge in [0.15, 0.2) is 0 Å². The highest BCUT2D eigenvalue weighted by Gasteiger charge is 2.11. The van der Waals surface area contributed by atoms with Crippen LogP contribution in [-0.4, -0.2) is 12.5 Å². The summed E-state index contributed by atoms with van der Waals surface area (Å²) in [6.45, 7) is 9.14. The van der Waals surface area contributed by atoms with E-state index in [1.807, 2.05) is 19.2 Å². The van der Waals surface area contributed by atoms with E-state index in [4.69, 9.17) is 0 Å². The van der Waals surface area contributed by atoms with Crippen LogP contribution in [0.2, 0.25) is 0 Å². The molecular formula is C12H19NOS. The van der Waals surface area contributed by atoms with Crippen molar-refractivity contribution in [2.45, 2.75) is 34.1 Å². The van der Waals surface area contributed by atoms with Crippen molar-refractivity contribution in [1.82, 2.24) is 5.32 Å². The predicted molar refractivity (Wildman–Crippen MR) is 65.6 cm³/mol. The minimum atomic E-state index is 0.0671. The van der Waals surface area contributed by atoms with Crippen LogP contribution >= 0.6 is 11.3 Å². The van der Waals surface area contributed by atoms with Crippen molar-refractivity contribution in [2.24, 2.45) is 5.92 Å². The van der Waals surface area contributed by atoms with Crippen LogP contribution < -0.4 is 5.32 Å². The third-order valence-corrected chi connectivity index (χ3v) is 3.55. The first-order chi connectivity index (χ1) is 7.02. The van der Waals surface area contributed by atoms with E-state index in [2.05, 4.69) is 19.2 Å². The molecule has 1 amide bonds. The van der Waals surface area contributed by atoms with E-state index in [1.54, 1.807) is 11.3 Å². The molecule has 0 bridgehead atoms. The van der Waals surface area contributed by atoms with Gasteiger partial charge in [-0.2, -0.15) is 0 Å². The molecule has 1 N–H and O–H groups in total. The summed E-state index contributed by atoms with van der Waals surface area (Å²) in [5, 5.41) is 4.89. The first kappa shape index (κ1) is 12.2. The molecule has 0 saturated carbocycles. The highest BCUT2D eigenvalue weighted by molar-refractivity contribution is 7.10. The van der Waals surface area contributed by atoms with Crippen LogP contribution in [0, 0.1) is 19.8 Å². The molecular weight excluding hydrogens is 206 g/mol. The lowest BCUT2D eigenvalue weighted by atomic mass is 10.1. The van der Waals surface area contributed by atoms with Crippen molar-refractivity contribution in [3.05, 3.63) is 21.4 Å². The van der Waals surface area contributed by atoms with E-state index in [0.29, 0.717) is 5.92 Å². The zero-order valence-corrected chi connectivity index (χ0v) is 10.7. The molecule has 0 saturated heterocycles. The lowest BCUT2D eigenvalue weighted by molar-refractivity contribution is 0.0952. The highest BCUT2D eigenvalue weighted by Crippen LogP contribution is 2.20. The minimum Gasteiger partial charge on any atom is -0.352 e. The fraction of sp³-hybridized carbons (Fsp3) is 0.583. The van der Waals surface area contributed by atoms with E-state index in [-0.39, 0.29) is 5.91 Å². The summed E-state index contributed by atoms with van der Waals surface area (Å²) in [4.78, 5) is 13.0. The quantitative estimate of drug-likeness (QED) is 0.838. The number of hydrogen-bond acceptors (Lipinski definition) is 2. The molecule has 1 rings (SSSR count). The molecule has 0 atom stereocenters. The van der Waals surface area contributed by atoms with E-state index >= 15 is 0 Å². The number of carbonyl (C=O) groups is 1. The Morgan fingerprint density at radius 3 is 2.60 bits per heavy atom. The second kappa shape index (κ2) is 5.31. The van der Waals surface area contributed by atoms with Crippen LogP contribution in [0.5, 0.6) is 0 Å². The smallest absolute Gasteiger partial charge is 0.252 e. The van der Waals surface area contributed by atoms with Gasteiger partial charge in [0.1, 0.15) is 0 Å². The van der Waals surface area contributed by atoms with E-state index in [1.165, 1.54) is 4.88 Å². The van der Waals surface area contributed by atoms with Gasteiger partial charge in [-0.15, -0.1) is 11.3 Å². The maximum atomic E-state index is 11.8. The van der Waals surface area contributed by atoms with Gasteiger partial charge in [-0.3, -0.25) is 4.79 Å². The van der Waals surface area contributed by atoms with Crippen molar-refractivity contribution >= 4 is 17.2 Å². The van der Waals surface area contributed by atoms with Gasteiger partial charge in [0.25, 0.3) is 5.91 Å². The van der Waals surface area contributed by atoms with Gasteiger partial charge in [0.2, 0.25) is 0 Å².